The first-order chi connectivity index (χ1) is 10.9. The van der Waals surface area contributed by atoms with Crippen LogP contribution in [-0.2, 0) is 24.3 Å². The van der Waals surface area contributed by atoms with Crippen LogP contribution < -0.4 is 4.72 Å². The molecule has 1 aromatic carbocycles. The van der Waals surface area contributed by atoms with Crippen molar-refractivity contribution in [3.63, 3.8) is 0 Å². The topological polar surface area (TPSA) is 98.8 Å². The molecule has 0 spiro atoms. The van der Waals surface area contributed by atoms with Crippen molar-refractivity contribution in [1.82, 2.24) is 4.72 Å². The van der Waals surface area contributed by atoms with E-state index in [4.69, 9.17) is 4.74 Å². The molecule has 1 aliphatic heterocycles. The van der Waals surface area contributed by atoms with Gasteiger partial charge in [-0.15, -0.1) is 0 Å². The first-order valence-electron chi connectivity index (χ1n) is 7.28. The van der Waals surface area contributed by atoms with Gasteiger partial charge < -0.3 is 9.47 Å². The highest BCUT2D eigenvalue weighted by molar-refractivity contribution is 7.90. The van der Waals surface area contributed by atoms with Crippen molar-refractivity contribution in [3.8, 4) is 0 Å². The molecule has 0 bridgehead atoms. The fraction of sp³-hybridized carbons (Fsp3) is 0.467. The molecule has 23 heavy (non-hydrogen) atoms. The Bertz CT molecular complexity index is 679. The summed E-state index contributed by atoms with van der Waals surface area (Å²) in [6, 6.07) is 5.57. The molecule has 7 nitrogen and oxygen atoms in total. The van der Waals surface area contributed by atoms with Crippen LogP contribution in [0, 0.1) is 0 Å². The van der Waals surface area contributed by atoms with Crippen LogP contribution in [0.2, 0.25) is 0 Å². The fourth-order valence-electron chi connectivity index (χ4n) is 2.40. The lowest BCUT2D eigenvalue weighted by Gasteiger charge is -2.11. The van der Waals surface area contributed by atoms with E-state index in [1.807, 2.05) is 4.72 Å². The Hall–Kier alpha value is -1.93. The first kappa shape index (κ1) is 17.4. The van der Waals surface area contributed by atoms with E-state index in [1.54, 1.807) is 0 Å². The number of hydrogen-bond acceptors (Lipinski definition) is 6. The molecule has 0 aliphatic carbocycles. The van der Waals surface area contributed by atoms with Crippen molar-refractivity contribution in [3.05, 3.63) is 29.8 Å². The van der Waals surface area contributed by atoms with Crippen LogP contribution in [0.3, 0.4) is 0 Å². The molecule has 1 fully saturated rings. The molecule has 1 aromatic rings. The minimum Gasteiger partial charge on any atom is -0.465 e. The summed E-state index contributed by atoms with van der Waals surface area (Å²) in [7, 11) is -2.97. The number of esters is 1. The quantitative estimate of drug-likeness (QED) is 0.782. The molecule has 0 radical (unpaired) electrons. The van der Waals surface area contributed by atoms with Crippen molar-refractivity contribution in [2.24, 2.45) is 0 Å². The first-order valence-corrected chi connectivity index (χ1v) is 8.77. The molecule has 126 valence electrons. The van der Waals surface area contributed by atoms with Gasteiger partial charge in [-0.05, 0) is 31.4 Å². The van der Waals surface area contributed by atoms with Crippen molar-refractivity contribution in [2.75, 3.05) is 13.7 Å². The van der Waals surface area contributed by atoms with Crippen LogP contribution in [0.1, 0.15) is 36.0 Å². The minimum absolute atomic E-state index is 0.00538. The van der Waals surface area contributed by atoms with Gasteiger partial charge in [-0.25, -0.2) is 17.9 Å². The van der Waals surface area contributed by atoms with Crippen LogP contribution in [0.4, 0.5) is 0 Å². The van der Waals surface area contributed by atoms with Gasteiger partial charge in [0, 0.05) is 13.0 Å². The summed E-state index contributed by atoms with van der Waals surface area (Å²) in [5, 5.41) is 0. The zero-order valence-corrected chi connectivity index (χ0v) is 13.6. The zero-order chi connectivity index (χ0) is 16.9. The normalized spacial score (nSPS) is 17.7. The predicted octanol–water partition coefficient (Wildman–Crippen LogP) is 1.24. The van der Waals surface area contributed by atoms with Crippen LogP contribution >= 0.6 is 0 Å². The molecular weight excluding hydrogens is 322 g/mol. The van der Waals surface area contributed by atoms with Crippen molar-refractivity contribution < 1.29 is 27.5 Å². The maximum absolute atomic E-state index is 12.3. The minimum atomic E-state index is -4.13. The molecule has 1 atom stereocenters. The Morgan fingerprint density at radius 3 is 2.74 bits per heavy atom. The molecule has 1 saturated heterocycles. The van der Waals surface area contributed by atoms with E-state index in [0.717, 1.165) is 20.0 Å². The second kappa shape index (κ2) is 7.56. The van der Waals surface area contributed by atoms with Crippen LogP contribution in [0.15, 0.2) is 29.2 Å². The highest BCUT2D eigenvalue weighted by Crippen LogP contribution is 2.18. The second-order valence-electron chi connectivity index (χ2n) is 5.19. The van der Waals surface area contributed by atoms with E-state index in [9.17, 15) is 18.0 Å². The summed E-state index contributed by atoms with van der Waals surface area (Å²) in [5.41, 5.74) is -0.116. The Kier molecular flexibility index (Phi) is 5.73. The van der Waals surface area contributed by atoms with E-state index in [1.165, 1.54) is 24.3 Å². The summed E-state index contributed by atoms with van der Waals surface area (Å²) in [6.07, 6.45) is 2.36. The number of amides is 1. The smallest absolute Gasteiger partial charge is 0.339 e. The molecule has 0 saturated carbocycles. The summed E-state index contributed by atoms with van der Waals surface area (Å²) in [6.45, 7) is 0.678. The van der Waals surface area contributed by atoms with E-state index in [-0.39, 0.29) is 23.0 Å². The van der Waals surface area contributed by atoms with Crippen LogP contribution in [0.25, 0.3) is 0 Å². The average Bonchev–Trinajstić information content (AvgIpc) is 3.05. The average molecular weight is 341 g/mol. The van der Waals surface area contributed by atoms with Gasteiger partial charge in [0.25, 0.3) is 10.0 Å². The van der Waals surface area contributed by atoms with Gasteiger partial charge in [-0.2, -0.15) is 0 Å². The number of hydrogen-bond donors (Lipinski definition) is 1. The highest BCUT2D eigenvalue weighted by atomic mass is 32.2. The standard InChI is InChI=1S/C15H19NO6S/c1-21-15(18)12-6-2-3-7-13(12)23(19,20)16-14(17)9-8-11-5-4-10-22-11/h2-3,6-7,11H,4-5,8-10H2,1H3,(H,16,17)/t11-/m0/s1. The van der Waals surface area contributed by atoms with Gasteiger partial charge >= 0.3 is 5.97 Å². The van der Waals surface area contributed by atoms with Crippen molar-refractivity contribution >= 4 is 21.9 Å². The Labute approximate surface area is 135 Å². The predicted molar refractivity (Wildman–Crippen MR) is 81.3 cm³/mol. The summed E-state index contributed by atoms with van der Waals surface area (Å²) < 4.78 is 36.6. The van der Waals surface area contributed by atoms with Gasteiger partial charge in [0.2, 0.25) is 5.91 Å². The second-order valence-corrected chi connectivity index (χ2v) is 6.84. The van der Waals surface area contributed by atoms with Gasteiger partial charge in [0.1, 0.15) is 4.90 Å². The zero-order valence-electron chi connectivity index (χ0n) is 12.8. The number of sulfonamides is 1. The fourth-order valence-corrected chi connectivity index (χ4v) is 3.61. The monoisotopic (exact) mass is 341 g/mol. The maximum atomic E-state index is 12.3. The lowest BCUT2D eigenvalue weighted by atomic mass is 10.1. The van der Waals surface area contributed by atoms with Crippen LogP contribution in [0.5, 0.6) is 0 Å². The van der Waals surface area contributed by atoms with E-state index < -0.39 is 21.9 Å². The number of rotatable bonds is 6. The molecule has 0 aromatic heterocycles. The Morgan fingerprint density at radius 2 is 2.09 bits per heavy atom. The highest BCUT2D eigenvalue weighted by Gasteiger charge is 2.25. The summed E-state index contributed by atoms with van der Waals surface area (Å²) >= 11 is 0. The van der Waals surface area contributed by atoms with Crippen molar-refractivity contribution in [1.29, 1.82) is 0 Å². The van der Waals surface area contributed by atoms with Gasteiger partial charge in [-0.3, -0.25) is 4.79 Å². The SMILES string of the molecule is COC(=O)c1ccccc1S(=O)(=O)NC(=O)CC[C@@H]1CCCO1. The third kappa shape index (κ3) is 4.52. The third-order valence-corrected chi connectivity index (χ3v) is 4.98. The van der Waals surface area contributed by atoms with Gasteiger partial charge in [-0.1, -0.05) is 12.1 Å². The molecule has 1 heterocycles. The number of carbonyl (C=O) groups is 2. The number of carbonyl (C=O) groups excluding carboxylic acids is 2. The van der Waals surface area contributed by atoms with E-state index in [0.29, 0.717) is 13.0 Å². The third-order valence-electron chi connectivity index (χ3n) is 3.55. The molecule has 1 aliphatic rings. The lowest BCUT2D eigenvalue weighted by Crippen LogP contribution is -2.32. The van der Waals surface area contributed by atoms with Gasteiger partial charge in [0.15, 0.2) is 0 Å². The molecule has 2 rings (SSSR count). The number of benzene rings is 1. The maximum Gasteiger partial charge on any atom is 0.339 e. The summed E-state index contributed by atoms with van der Waals surface area (Å²) in [4.78, 5) is 23.2. The lowest BCUT2D eigenvalue weighted by molar-refractivity contribution is -0.119. The molecular formula is C15H19NO6S. The van der Waals surface area contributed by atoms with E-state index >= 15 is 0 Å². The Morgan fingerprint density at radius 1 is 1.35 bits per heavy atom. The molecule has 1 amide bonds. The molecule has 0 unspecified atom stereocenters. The largest absolute Gasteiger partial charge is 0.465 e. The summed E-state index contributed by atoms with van der Waals surface area (Å²) in [5.74, 6) is -1.40. The molecule has 1 N–H and O–H groups in total. The number of ether oxygens (including phenoxy) is 2. The van der Waals surface area contributed by atoms with Crippen LogP contribution in [-0.4, -0.2) is 40.1 Å². The van der Waals surface area contributed by atoms with Crippen molar-refractivity contribution in [2.45, 2.75) is 36.7 Å². The molecule has 8 heteroatoms. The van der Waals surface area contributed by atoms with Gasteiger partial charge in [0.05, 0.1) is 18.8 Å². The Balaban J connectivity index is 2.06. The number of methoxy groups -OCH3 is 1. The number of nitrogens with one attached hydrogen (secondary N) is 1. The van der Waals surface area contributed by atoms with E-state index in [2.05, 4.69) is 4.74 Å².